The van der Waals surface area contributed by atoms with E-state index in [-0.39, 0.29) is 11.7 Å². The van der Waals surface area contributed by atoms with Crippen LogP contribution in [0.1, 0.15) is 5.56 Å². The zero-order chi connectivity index (χ0) is 24.9. The predicted molar refractivity (Wildman–Crippen MR) is 137 cm³/mol. The third-order valence-electron chi connectivity index (χ3n) is 6.81. The maximum Gasteiger partial charge on any atom is 0.158 e. The molecule has 2 N–H and O–H groups in total. The van der Waals surface area contributed by atoms with Gasteiger partial charge in [0.1, 0.15) is 42.4 Å². The van der Waals surface area contributed by atoms with Crippen LogP contribution in [-0.2, 0) is 0 Å². The molecule has 186 valence electrons. The van der Waals surface area contributed by atoms with Crippen molar-refractivity contribution < 1.29 is 13.9 Å². The number of rotatable bonds is 4. The Labute approximate surface area is 211 Å². The quantitative estimate of drug-likeness (QED) is 0.383. The van der Waals surface area contributed by atoms with Crippen molar-refractivity contribution in [3.63, 3.8) is 0 Å². The first-order valence-corrected chi connectivity index (χ1v) is 12.1. The van der Waals surface area contributed by atoms with Crippen molar-refractivity contribution in [3.8, 4) is 17.2 Å². The van der Waals surface area contributed by atoms with E-state index in [0.717, 1.165) is 47.5 Å². The molecule has 1 fully saturated rings. The fourth-order valence-electron chi connectivity index (χ4n) is 4.97. The number of aryl methyl sites for hydroxylation is 1. The van der Waals surface area contributed by atoms with E-state index in [1.165, 1.54) is 18.7 Å². The van der Waals surface area contributed by atoms with Gasteiger partial charge < -0.3 is 25.0 Å². The Hall–Kier alpha value is -4.51. The lowest BCUT2D eigenvalue weighted by Crippen LogP contribution is -2.55. The second-order valence-electron chi connectivity index (χ2n) is 9.14. The van der Waals surface area contributed by atoms with E-state index < -0.39 is 5.82 Å². The topological polar surface area (TPSA) is 102 Å². The number of aromatic nitrogens is 5. The van der Waals surface area contributed by atoms with Gasteiger partial charge in [-0.05, 0) is 36.8 Å². The Morgan fingerprint density at radius 1 is 1.14 bits per heavy atom. The summed E-state index contributed by atoms with van der Waals surface area (Å²) in [6.07, 6.45) is 4.67. The number of piperazine rings is 1. The van der Waals surface area contributed by atoms with Crippen molar-refractivity contribution in [3.05, 3.63) is 66.6 Å². The minimum absolute atomic E-state index is 0.276. The summed E-state index contributed by atoms with van der Waals surface area (Å²) in [5.41, 5.74) is 3.41. The number of anilines is 3. The first-order chi connectivity index (χ1) is 18.1. The van der Waals surface area contributed by atoms with Gasteiger partial charge in [-0.3, -0.25) is 0 Å². The standard InChI is InChI=1S/C26H23FN8O2/c1-15-8-20(18(27)10-22(15)37-17-4-6-35-23(9-17)30-14-32-35)33-26-24-19(29-13-31-26)2-3-21-25(24)36-12-16-11-28-5-7-34(16)21/h2-4,6,8-10,13-14,16,28H,5,7,11-12H2,1H3,(H,29,31,33)/t16-/m1/s1. The molecule has 5 aromatic rings. The summed E-state index contributed by atoms with van der Waals surface area (Å²) in [4.78, 5) is 15.4. The molecule has 5 heterocycles. The van der Waals surface area contributed by atoms with Gasteiger partial charge in [0.2, 0.25) is 0 Å². The van der Waals surface area contributed by atoms with Crippen LogP contribution in [0, 0.1) is 12.7 Å². The monoisotopic (exact) mass is 498 g/mol. The minimum Gasteiger partial charge on any atom is -0.488 e. The summed E-state index contributed by atoms with van der Waals surface area (Å²) in [6.45, 7) is 5.11. The molecule has 0 aliphatic carbocycles. The van der Waals surface area contributed by atoms with Gasteiger partial charge in [-0.2, -0.15) is 5.10 Å². The largest absolute Gasteiger partial charge is 0.488 e. The second-order valence-corrected chi connectivity index (χ2v) is 9.14. The molecule has 0 amide bonds. The molecule has 0 radical (unpaired) electrons. The molecule has 0 bridgehead atoms. The van der Waals surface area contributed by atoms with Gasteiger partial charge in [0.05, 0.1) is 28.3 Å². The van der Waals surface area contributed by atoms with Gasteiger partial charge in [-0.25, -0.2) is 23.9 Å². The summed E-state index contributed by atoms with van der Waals surface area (Å²) in [5, 5.41) is 11.4. The predicted octanol–water partition coefficient (Wildman–Crippen LogP) is 3.83. The summed E-state index contributed by atoms with van der Waals surface area (Å²) in [6, 6.07) is 10.8. The number of ether oxygens (including phenoxy) is 2. The van der Waals surface area contributed by atoms with E-state index in [1.807, 2.05) is 19.1 Å². The van der Waals surface area contributed by atoms with Crippen molar-refractivity contribution in [2.24, 2.45) is 0 Å². The normalized spacial score (nSPS) is 16.8. The molecule has 3 aromatic heterocycles. The molecule has 0 spiro atoms. The van der Waals surface area contributed by atoms with E-state index >= 15 is 4.39 Å². The molecule has 7 rings (SSSR count). The number of fused-ring (bicyclic) bond motifs is 6. The maximum absolute atomic E-state index is 15.3. The van der Waals surface area contributed by atoms with Gasteiger partial charge in [0.15, 0.2) is 11.4 Å². The molecule has 11 heteroatoms. The lowest BCUT2D eigenvalue weighted by atomic mass is 10.1. The van der Waals surface area contributed by atoms with Crippen LogP contribution >= 0.6 is 0 Å². The molecule has 0 saturated carbocycles. The van der Waals surface area contributed by atoms with Crippen molar-refractivity contribution in [2.75, 3.05) is 36.5 Å². The highest BCUT2D eigenvalue weighted by Gasteiger charge is 2.31. The lowest BCUT2D eigenvalue weighted by molar-refractivity contribution is 0.250. The zero-order valence-corrected chi connectivity index (χ0v) is 20.0. The average molecular weight is 499 g/mol. The number of benzene rings is 2. The summed E-state index contributed by atoms with van der Waals surface area (Å²) in [5.74, 6) is 1.69. The Morgan fingerprint density at radius 3 is 3.03 bits per heavy atom. The number of hydrogen-bond acceptors (Lipinski definition) is 9. The maximum atomic E-state index is 15.3. The summed E-state index contributed by atoms with van der Waals surface area (Å²) < 4.78 is 29.1. The highest BCUT2D eigenvalue weighted by molar-refractivity contribution is 6.00. The van der Waals surface area contributed by atoms with Crippen LogP contribution < -0.4 is 25.0 Å². The Morgan fingerprint density at radius 2 is 2.08 bits per heavy atom. The molecule has 1 atom stereocenters. The molecule has 37 heavy (non-hydrogen) atoms. The van der Waals surface area contributed by atoms with E-state index in [9.17, 15) is 0 Å². The van der Waals surface area contributed by atoms with Gasteiger partial charge in [0, 0.05) is 38.0 Å². The smallest absolute Gasteiger partial charge is 0.158 e. The average Bonchev–Trinajstić information content (AvgIpc) is 3.39. The van der Waals surface area contributed by atoms with Crippen LogP contribution in [-0.4, -0.2) is 56.8 Å². The Kier molecular flexibility index (Phi) is 5.03. The Bertz CT molecular complexity index is 1660. The first-order valence-electron chi connectivity index (χ1n) is 12.1. The van der Waals surface area contributed by atoms with Gasteiger partial charge in [-0.1, -0.05) is 0 Å². The van der Waals surface area contributed by atoms with Gasteiger partial charge in [-0.15, -0.1) is 0 Å². The van der Waals surface area contributed by atoms with E-state index in [2.05, 4.69) is 35.6 Å². The third-order valence-corrected chi connectivity index (χ3v) is 6.81. The number of halogens is 1. The van der Waals surface area contributed by atoms with Crippen molar-refractivity contribution in [1.29, 1.82) is 0 Å². The second kappa shape index (κ2) is 8.56. The molecule has 1 saturated heterocycles. The fraction of sp³-hybridized carbons (Fsp3) is 0.231. The van der Waals surface area contributed by atoms with Crippen molar-refractivity contribution in [1.82, 2.24) is 29.9 Å². The number of nitrogens with zero attached hydrogens (tertiary/aromatic N) is 6. The van der Waals surface area contributed by atoms with Crippen molar-refractivity contribution >= 4 is 33.7 Å². The first kappa shape index (κ1) is 21.7. The lowest BCUT2D eigenvalue weighted by Gasteiger charge is -2.42. The van der Waals surface area contributed by atoms with E-state index in [4.69, 9.17) is 9.47 Å². The number of hydrogen-bond donors (Lipinski definition) is 2. The summed E-state index contributed by atoms with van der Waals surface area (Å²) >= 11 is 0. The van der Waals surface area contributed by atoms with Gasteiger partial charge >= 0.3 is 0 Å². The van der Waals surface area contributed by atoms with Crippen LogP contribution in [0.5, 0.6) is 17.2 Å². The molecular formula is C26H23FN8O2. The highest BCUT2D eigenvalue weighted by atomic mass is 19.1. The fourth-order valence-corrected chi connectivity index (χ4v) is 4.97. The highest BCUT2D eigenvalue weighted by Crippen LogP contribution is 2.43. The van der Waals surface area contributed by atoms with Crippen LogP contribution in [0.2, 0.25) is 0 Å². The molecule has 2 aliphatic heterocycles. The SMILES string of the molecule is Cc1cc(Nc2ncnc3ccc4c(c23)OC[C@H]2CNCCN42)c(F)cc1Oc1ccn2ncnc2c1. The van der Waals surface area contributed by atoms with Crippen LogP contribution in [0.25, 0.3) is 16.6 Å². The van der Waals surface area contributed by atoms with Crippen LogP contribution in [0.15, 0.2) is 55.2 Å². The molecule has 10 nitrogen and oxygen atoms in total. The minimum atomic E-state index is -0.469. The third kappa shape index (κ3) is 3.75. The molecule has 0 unspecified atom stereocenters. The Balaban J connectivity index is 1.23. The van der Waals surface area contributed by atoms with Crippen LogP contribution in [0.4, 0.5) is 21.6 Å². The van der Waals surface area contributed by atoms with E-state index in [0.29, 0.717) is 29.6 Å². The summed E-state index contributed by atoms with van der Waals surface area (Å²) in [7, 11) is 0. The number of pyridine rings is 1. The molecule has 2 aromatic carbocycles. The number of nitrogens with one attached hydrogen (secondary N) is 2. The van der Waals surface area contributed by atoms with Gasteiger partial charge in [0.25, 0.3) is 0 Å². The van der Waals surface area contributed by atoms with Crippen molar-refractivity contribution in [2.45, 2.75) is 13.0 Å². The van der Waals surface area contributed by atoms with E-state index in [1.54, 1.807) is 28.9 Å². The molecular weight excluding hydrogens is 475 g/mol. The molecule has 2 aliphatic rings. The van der Waals surface area contributed by atoms with Crippen LogP contribution in [0.3, 0.4) is 0 Å². The zero-order valence-electron chi connectivity index (χ0n) is 20.0.